The first-order valence-corrected chi connectivity index (χ1v) is 18.7. The fraction of sp³-hybridized carbons (Fsp3) is 0.537. The van der Waals surface area contributed by atoms with Gasteiger partial charge in [-0.1, -0.05) is 41.5 Å². The highest BCUT2D eigenvalue weighted by Gasteiger charge is 2.62. The second-order valence-corrected chi connectivity index (χ2v) is 15.7. The minimum atomic E-state index is -1.48. The van der Waals surface area contributed by atoms with Crippen molar-refractivity contribution in [1.82, 2.24) is 4.98 Å². The number of nitro groups is 1. The monoisotopic (exact) mass is 762 g/mol. The second kappa shape index (κ2) is 16.7. The van der Waals surface area contributed by atoms with Gasteiger partial charge in [0.1, 0.15) is 35.9 Å². The van der Waals surface area contributed by atoms with Crippen LogP contribution in [0.25, 0.3) is 11.3 Å². The summed E-state index contributed by atoms with van der Waals surface area (Å²) in [5.74, 6) is -3.39. The van der Waals surface area contributed by atoms with Crippen LogP contribution < -0.4 is 10.4 Å². The Morgan fingerprint density at radius 2 is 1.73 bits per heavy atom. The van der Waals surface area contributed by atoms with E-state index >= 15 is 0 Å². The lowest BCUT2D eigenvalue weighted by atomic mass is 9.46. The van der Waals surface area contributed by atoms with Crippen LogP contribution >= 0.6 is 0 Å². The number of ether oxygens (including phenoxy) is 4. The maximum atomic E-state index is 13.9. The minimum Gasteiger partial charge on any atom is -0.493 e. The highest BCUT2D eigenvalue weighted by Crippen LogP contribution is 2.63. The fourth-order valence-electron chi connectivity index (χ4n) is 8.27. The average molecular weight is 763 g/mol. The van der Waals surface area contributed by atoms with Crippen molar-refractivity contribution in [1.29, 1.82) is 0 Å². The molecule has 0 spiro atoms. The molecule has 2 aliphatic carbocycles. The van der Waals surface area contributed by atoms with Gasteiger partial charge in [0.15, 0.2) is 0 Å². The molecular formula is C41H50N2O12. The summed E-state index contributed by atoms with van der Waals surface area (Å²) >= 11 is 0. The number of aliphatic hydroxyl groups excluding tert-OH is 1. The molecule has 2 aromatic heterocycles. The summed E-state index contributed by atoms with van der Waals surface area (Å²) in [7, 11) is 0. The van der Waals surface area contributed by atoms with Crippen molar-refractivity contribution < 1.29 is 47.8 Å². The van der Waals surface area contributed by atoms with E-state index in [9.17, 15) is 34.4 Å². The van der Waals surface area contributed by atoms with E-state index in [1.165, 1.54) is 30.5 Å². The van der Waals surface area contributed by atoms with Crippen LogP contribution in [-0.2, 0) is 23.8 Å². The number of nitro benzene ring substituents is 1. The topological polar surface area (TPSA) is 195 Å². The van der Waals surface area contributed by atoms with E-state index < -0.39 is 81.3 Å². The number of fused-ring (bicyclic) bond motifs is 1. The molecule has 14 nitrogen and oxygen atoms in total. The van der Waals surface area contributed by atoms with E-state index in [-0.39, 0.29) is 54.4 Å². The lowest BCUT2D eigenvalue weighted by Gasteiger charge is -2.61. The Hall–Kier alpha value is -5.11. The lowest BCUT2D eigenvalue weighted by molar-refractivity contribution is -0.384. The number of nitrogens with zero attached hydrogens (tertiary/aromatic N) is 2. The zero-order chi connectivity index (χ0) is 40.2. The predicted molar refractivity (Wildman–Crippen MR) is 199 cm³/mol. The van der Waals surface area contributed by atoms with Crippen LogP contribution in [0.15, 0.2) is 64.1 Å². The summed E-state index contributed by atoms with van der Waals surface area (Å²) in [6, 6.07) is 10.0. The first-order valence-electron chi connectivity index (χ1n) is 18.7. The third-order valence-electron chi connectivity index (χ3n) is 11.3. The molecule has 2 saturated carbocycles. The summed E-state index contributed by atoms with van der Waals surface area (Å²) in [5.41, 5.74) is -2.31. The first kappa shape index (κ1) is 41.1. The number of benzene rings is 1. The van der Waals surface area contributed by atoms with E-state index in [4.69, 9.17) is 23.4 Å². The van der Waals surface area contributed by atoms with Gasteiger partial charge in [-0.05, 0) is 74.1 Å². The Bertz CT molecular complexity index is 1930. The van der Waals surface area contributed by atoms with Crippen molar-refractivity contribution in [2.24, 2.45) is 34.5 Å². The molecule has 3 aromatic rings. The zero-order valence-electron chi connectivity index (χ0n) is 32.3. The van der Waals surface area contributed by atoms with Crippen molar-refractivity contribution in [3.8, 4) is 17.1 Å². The van der Waals surface area contributed by atoms with E-state index in [0.717, 1.165) is 0 Å². The van der Waals surface area contributed by atoms with Gasteiger partial charge < -0.3 is 28.5 Å². The van der Waals surface area contributed by atoms with Gasteiger partial charge in [-0.25, -0.2) is 9.59 Å². The van der Waals surface area contributed by atoms with Crippen molar-refractivity contribution in [2.45, 2.75) is 92.5 Å². The molecule has 5 rings (SSSR count). The summed E-state index contributed by atoms with van der Waals surface area (Å²) < 4.78 is 29.9. The quantitative estimate of drug-likeness (QED) is 0.0821. The molecule has 0 aliphatic heterocycles. The summed E-state index contributed by atoms with van der Waals surface area (Å²) in [6.45, 7) is 12.6. The molecule has 14 heteroatoms. The van der Waals surface area contributed by atoms with Crippen LogP contribution in [0, 0.1) is 44.6 Å². The van der Waals surface area contributed by atoms with Crippen LogP contribution in [0.5, 0.6) is 5.75 Å². The standard InChI is InChI=1S/C41H50N2O12/c1-8-51-31-20-30(26-10-9-17-42-21-26)54-39(48)34(31)35(44)29-18-28(53-38(47)25-11-13-27(14-12-25)43(49)50)19-32-40(29,6)16-15-33(55-37(46)24(4)5)41(32,7)22-52-36(45)23(2)3/h9-14,17,20-21,23-24,28-29,32-33,35,44H,8,15-16,18-19,22H2,1-7H3/t28-,29?,32?,33+,35-,40-,41+/m1/s1. The van der Waals surface area contributed by atoms with Crippen molar-refractivity contribution in [3.05, 3.63) is 86.5 Å². The van der Waals surface area contributed by atoms with Crippen molar-refractivity contribution in [2.75, 3.05) is 13.2 Å². The Balaban J connectivity index is 1.61. The van der Waals surface area contributed by atoms with Gasteiger partial charge >= 0.3 is 23.5 Å². The SMILES string of the molecule is CCOc1cc(-c2cccnc2)oc(=O)c1[C@H](O)C1C[C@@H](OC(=O)c2ccc([N+](=O)[O-])cc2)CC2[C@]1(C)CC[C@H](OC(=O)C(C)C)[C@@]2(C)COC(=O)C(C)C. The van der Waals surface area contributed by atoms with Crippen LogP contribution in [0.1, 0.15) is 96.2 Å². The summed E-state index contributed by atoms with van der Waals surface area (Å²) in [4.78, 5) is 68.3. The van der Waals surface area contributed by atoms with E-state index in [2.05, 4.69) is 4.98 Å². The molecule has 0 amide bonds. The summed E-state index contributed by atoms with van der Waals surface area (Å²) in [5, 5.41) is 23.7. The van der Waals surface area contributed by atoms with Gasteiger partial charge in [-0.3, -0.25) is 24.7 Å². The van der Waals surface area contributed by atoms with Crippen LogP contribution in [0.4, 0.5) is 5.69 Å². The molecule has 2 fully saturated rings. The third kappa shape index (κ3) is 8.59. The maximum absolute atomic E-state index is 13.9. The number of carbonyl (C=O) groups excluding carboxylic acids is 3. The third-order valence-corrected chi connectivity index (χ3v) is 11.3. The second-order valence-electron chi connectivity index (χ2n) is 15.7. The molecular weight excluding hydrogens is 712 g/mol. The maximum Gasteiger partial charge on any atom is 0.345 e. The van der Waals surface area contributed by atoms with E-state index in [0.29, 0.717) is 18.4 Å². The molecule has 1 aromatic carbocycles. The van der Waals surface area contributed by atoms with Gasteiger partial charge in [-0.15, -0.1) is 0 Å². The molecule has 55 heavy (non-hydrogen) atoms. The molecule has 7 atom stereocenters. The zero-order valence-corrected chi connectivity index (χ0v) is 32.3. The smallest absolute Gasteiger partial charge is 0.345 e. The molecule has 0 radical (unpaired) electrons. The Kier molecular flexibility index (Phi) is 12.5. The first-order chi connectivity index (χ1) is 26.0. The molecule has 296 valence electrons. The van der Waals surface area contributed by atoms with Crippen LogP contribution in [0.3, 0.4) is 0 Å². The van der Waals surface area contributed by atoms with Crippen molar-refractivity contribution >= 4 is 23.6 Å². The molecule has 0 bridgehead atoms. The predicted octanol–water partition coefficient (Wildman–Crippen LogP) is 6.87. The van der Waals surface area contributed by atoms with Gasteiger partial charge in [0.25, 0.3) is 5.69 Å². The summed E-state index contributed by atoms with van der Waals surface area (Å²) in [6.07, 6.45) is 1.24. The van der Waals surface area contributed by atoms with Gasteiger partial charge in [0, 0.05) is 41.6 Å². The molecule has 1 N–H and O–H groups in total. The molecule has 0 saturated heterocycles. The van der Waals surface area contributed by atoms with Crippen molar-refractivity contribution in [3.63, 3.8) is 0 Å². The lowest BCUT2D eigenvalue weighted by Crippen LogP contribution is -2.61. The number of esters is 3. The molecule has 2 aliphatic rings. The largest absolute Gasteiger partial charge is 0.493 e. The highest BCUT2D eigenvalue weighted by atomic mass is 16.6. The molecule has 2 unspecified atom stereocenters. The average Bonchev–Trinajstić information content (AvgIpc) is 3.15. The minimum absolute atomic E-state index is 0.0855. The number of rotatable bonds is 13. The number of carbonyl (C=O) groups is 3. The van der Waals surface area contributed by atoms with Crippen LogP contribution in [-0.4, -0.2) is 58.3 Å². The number of non-ortho nitro benzene ring substituents is 1. The number of aliphatic hydroxyl groups is 1. The van der Waals surface area contributed by atoms with E-state index in [1.807, 2.05) is 13.8 Å². The Labute approximate surface area is 319 Å². The van der Waals surface area contributed by atoms with Gasteiger partial charge in [-0.2, -0.15) is 0 Å². The van der Waals surface area contributed by atoms with Gasteiger partial charge in [0.05, 0.1) is 35.0 Å². The fourth-order valence-corrected chi connectivity index (χ4v) is 8.27. The number of aromatic nitrogens is 1. The Morgan fingerprint density at radius 3 is 2.33 bits per heavy atom. The number of hydrogen-bond acceptors (Lipinski definition) is 13. The number of pyridine rings is 1. The highest BCUT2D eigenvalue weighted by molar-refractivity contribution is 5.89. The number of hydrogen-bond donors (Lipinski definition) is 1. The normalized spacial score (nSPS) is 25.4. The van der Waals surface area contributed by atoms with E-state index in [1.54, 1.807) is 59.0 Å². The van der Waals surface area contributed by atoms with Gasteiger partial charge in [0.2, 0.25) is 0 Å². The van der Waals surface area contributed by atoms with Crippen LogP contribution in [0.2, 0.25) is 0 Å². The molecule has 2 heterocycles. The Morgan fingerprint density at radius 1 is 1.04 bits per heavy atom.